The third-order valence-electron chi connectivity index (χ3n) is 4.40. The highest BCUT2D eigenvalue weighted by molar-refractivity contribution is 7.80. The zero-order chi connectivity index (χ0) is 18.2. The lowest BCUT2D eigenvalue weighted by Crippen LogP contribution is -3.15. The fourth-order valence-electron chi connectivity index (χ4n) is 3.09. The summed E-state index contributed by atoms with van der Waals surface area (Å²) in [6.07, 6.45) is 0. The molecule has 0 saturated carbocycles. The fraction of sp³-hybridized carbons (Fsp3) is 0.421. The minimum absolute atomic E-state index is 0.388. The Morgan fingerprint density at radius 1 is 1.27 bits per heavy atom. The van der Waals surface area contributed by atoms with Gasteiger partial charge in [-0.1, -0.05) is 6.07 Å². The van der Waals surface area contributed by atoms with Crippen LogP contribution in [0.25, 0.3) is 0 Å². The van der Waals surface area contributed by atoms with Gasteiger partial charge >= 0.3 is 0 Å². The first-order chi connectivity index (χ1) is 12.8. The molecule has 1 aromatic carbocycles. The molecule has 1 fully saturated rings. The summed E-state index contributed by atoms with van der Waals surface area (Å²) in [7, 11) is 0. The van der Waals surface area contributed by atoms with E-state index in [1.807, 2.05) is 42.5 Å². The number of anilines is 1. The first-order valence-corrected chi connectivity index (χ1v) is 10.3. The van der Waals surface area contributed by atoms with Gasteiger partial charge in [-0.15, -0.1) is 11.3 Å². The zero-order valence-corrected chi connectivity index (χ0v) is 16.6. The molecular formula is C19H26N3O2S2+. The maximum Gasteiger partial charge on any atom is 0.171 e. The van der Waals surface area contributed by atoms with E-state index < -0.39 is 0 Å². The molecule has 0 unspecified atom stereocenters. The number of morpholine rings is 1. The number of hydrogen-bond acceptors (Lipinski definition) is 4. The molecule has 0 spiro atoms. The molecule has 0 bridgehead atoms. The third-order valence-corrected chi connectivity index (χ3v) is 5.64. The Bertz CT molecular complexity index is 671. The van der Waals surface area contributed by atoms with Crippen LogP contribution in [0.4, 0.5) is 5.69 Å². The fourth-order valence-corrected chi connectivity index (χ4v) is 4.18. The van der Waals surface area contributed by atoms with Gasteiger partial charge in [-0.25, -0.2) is 0 Å². The van der Waals surface area contributed by atoms with Gasteiger partial charge in [0.1, 0.15) is 24.9 Å². The second-order valence-corrected chi connectivity index (χ2v) is 7.52. The summed E-state index contributed by atoms with van der Waals surface area (Å²) in [5.74, 6) is 0.866. The van der Waals surface area contributed by atoms with Crippen molar-refractivity contribution in [1.82, 2.24) is 5.32 Å². The molecule has 1 aliphatic rings. The molecule has 2 heterocycles. The van der Waals surface area contributed by atoms with Gasteiger partial charge in [-0.05, 0) is 54.9 Å². The van der Waals surface area contributed by atoms with Crippen LogP contribution >= 0.6 is 23.6 Å². The van der Waals surface area contributed by atoms with Crippen molar-refractivity contribution in [2.45, 2.75) is 13.0 Å². The van der Waals surface area contributed by atoms with Crippen LogP contribution in [-0.2, 0) is 4.74 Å². The lowest BCUT2D eigenvalue weighted by molar-refractivity contribution is -0.937. The molecular weight excluding hydrogens is 366 g/mol. The van der Waals surface area contributed by atoms with Gasteiger partial charge in [-0.3, -0.25) is 0 Å². The van der Waals surface area contributed by atoms with Crippen LogP contribution in [0, 0.1) is 0 Å². The Hall–Kier alpha value is -1.67. The van der Waals surface area contributed by atoms with E-state index in [2.05, 4.69) is 28.1 Å². The van der Waals surface area contributed by atoms with Gasteiger partial charge < -0.3 is 25.0 Å². The van der Waals surface area contributed by atoms with E-state index in [1.165, 1.54) is 4.88 Å². The molecule has 2 aromatic rings. The standard InChI is InChI=1S/C19H25N3O2S2/c1-2-24-16-7-5-15(6-8-16)21-19(25)20-14-17(18-4-3-13-26-18)22-9-11-23-12-10-22/h3-8,13,17H,2,9-12,14H2,1H3,(H2,20,21,25)/p+1/t17-/m1/s1. The summed E-state index contributed by atoms with van der Waals surface area (Å²) >= 11 is 7.29. The largest absolute Gasteiger partial charge is 0.494 e. The van der Waals surface area contributed by atoms with Crippen LogP contribution in [0.3, 0.4) is 0 Å². The normalized spacial score (nSPS) is 16.0. The van der Waals surface area contributed by atoms with Gasteiger partial charge in [0.2, 0.25) is 0 Å². The van der Waals surface area contributed by atoms with E-state index in [4.69, 9.17) is 21.7 Å². The van der Waals surface area contributed by atoms with E-state index >= 15 is 0 Å². The van der Waals surface area contributed by atoms with Crippen LogP contribution in [0.5, 0.6) is 5.75 Å². The van der Waals surface area contributed by atoms with Crippen molar-refractivity contribution in [3.05, 3.63) is 46.7 Å². The molecule has 0 amide bonds. The Morgan fingerprint density at radius 3 is 2.69 bits per heavy atom. The first-order valence-electron chi connectivity index (χ1n) is 8.99. The van der Waals surface area contributed by atoms with E-state index in [1.54, 1.807) is 4.90 Å². The van der Waals surface area contributed by atoms with Crippen LogP contribution in [0.15, 0.2) is 41.8 Å². The minimum atomic E-state index is 0.388. The summed E-state index contributed by atoms with van der Waals surface area (Å²) in [6.45, 7) is 7.16. The molecule has 7 heteroatoms. The van der Waals surface area contributed by atoms with E-state index in [0.717, 1.165) is 44.3 Å². The Kier molecular flexibility index (Phi) is 7.25. The Morgan fingerprint density at radius 2 is 2.04 bits per heavy atom. The van der Waals surface area contributed by atoms with Crippen molar-refractivity contribution in [3.8, 4) is 5.75 Å². The van der Waals surface area contributed by atoms with E-state index in [0.29, 0.717) is 17.8 Å². The predicted octanol–water partition coefficient (Wildman–Crippen LogP) is 2.09. The number of quaternary nitrogens is 1. The minimum Gasteiger partial charge on any atom is -0.494 e. The smallest absolute Gasteiger partial charge is 0.171 e. The Labute approximate surface area is 164 Å². The Balaban J connectivity index is 1.55. The van der Waals surface area contributed by atoms with Crippen molar-refractivity contribution in [1.29, 1.82) is 0 Å². The van der Waals surface area contributed by atoms with Crippen LogP contribution in [-0.4, -0.2) is 44.6 Å². The average Bonchev–Trinajstić information content (AvgIpc) is 3.19. The summed E-state index contributed by atoms with van der Waals surface area (Å²) in [4.78, 5) is 2.94. The SMILES string of the molecule is CCOc1ccc(NC(=S)NC[C@H](c2cccs2)[NH+]2CCOCC2)cc1. The van der Waals surface area contributed by atoms with Crippen LogP contribution < -0.4 is 20.3 Å². The van der Waals surface area contributed by atoms with Crippen molar-refractivity contribution in [2.24, 2.45) is 0 Å². The molecule has 26 heavy (non-hydrogen) atoms. The van der Waals surface area contributed by atoms with Crippen LogP contribution in [0.2, 0.25) is 0 Å². The molecule has 1 atom stereocenters. The number of benzene rings is 1. The molecule has 0 radical (unpaired) electrons. The summed E-state index contributed by atoms with van der Waals surface area (Å²) in [6, 6.07) is 12.6. The van der Waals surface area contributed by atoms with E-state index in [9.17, 15) is 0 Å². The number of thiocarbonyl (C=S) groups is 1. The highest BCUT2D eigenvalue weighted by Crippen LogP contribution is 2.17. The molecule has 5 nitrogen and oxygen atoms in total. The molecule has 0 aliphatic carbocycles. The molecule has 1 aromatic heterocycles. The maximum atomic E-state index is 5.51. The number of ether oxygens (including phenoxy) is 2. The van der Waals surface area contributed by atoms with Gasteiger partial charge in [-0.2, -0.15) is 0 Å². The molecule has 3 rings (SSSR count). The van der Waals surface area contributed by atoms with Gasteiger partial charge in [0.15, 0.2) is 5.11 Å². The third kappa shape index (κ3) is 5.41. The number of hydrogen-bond donors (Lipinski definition) is 3. The summed E-state index contributed by atoms with van der Waals surface area (Å²) < 4.78 is 11.0. The second-order valence-electron chi connectivity index (χ2n) is 6.13. The highest BCUT2D eigenvalue weighted by atomic mass is 32.1. The second kappa shape index (κ2) is 9.87. The zero-order valence-electron chi connectivity index (χ0n) is 15.0. The number of rotatable bonds is 7. The van der Waals surface area contributed by atoms with Gasteiger partial charge in [0.05, 0.1) is 31.2 Å². The van der Waals surface area contributed by atoms with Gasteiger partial charge in [0, 0.05) is 5.69 Å². The van der Waals surface area contributed by atoms with Crippen molar-refractivity contribution in [2.75, 3.05) is 44.8 Å². The quantitative estimate of drug-likeness (QED) is 0.630. The highest BCUT2D eigenvalue weighted by Gasteiger charge is 2.27. The topological polar surface area (TPSA) is 47.0 Å². The molecule has 1 saturated heterocycles. The van der Waals surface area contributed by atoms with E-state index in [-0.39, 0.29) is 0 Å². The molecule has 1 aliphatic heterocycles. The lowest BCUT2D eigenvalue weighted by atomic mass is 10.2. The van der Waals surface area contributed by atoms with Crippen molar-refractivity contribution in [3.63, 3.8) is 0 Å². The average molecular weight is 393 g/mol. The summed E-state index contributed by atoms with van der Waals surface area (Å²) in [5, 5.41) is 9.42. The molecule has 140 valence electrons. The lowest BCUT2D eigenvalue weighted by Gasteiger charge is -2.31. The van der Waals surface area contributed by atoms with Crippen molar-refractivity contribution < 1.29 is 14.4 Å². The van der Waals surface area contributed by atoms with Crippen molar-refractivity contribution >= 4 is 34.4 Å². The van der Waals surface area contributed by atoms with Gasteiger partial charge in [0.25, 0.3) is 0 Å². The summed E-state index contributed by atoms with van der Waals surface area (Å²) in [5.41, 5.74) is 0.956. The number of thiophene rings is 1. The predicted molar refractivity (Wildman–Crippen MR) is 110 cm³/mol. The van der Waals surface area contributed by atoms with Crippen LogP contribution in [0.1, 0.15) is 17.8 Å². The number of nitrogens with one attached hydrogen (secondary N) is 3. The maximum absolute atomic E-state index is 5.51. The monoisotopic (exact) mass is 392 g/mol. The first kappa shape index (κ1) is 19.1. The molecule has 3 N–H and O–H groups in total.